The molecule has 4 N–H and O–H groups in total. The van der Waals surface area contributed by atoms with E-state index in [0.29, 0.717) is 0 Å². The van der Waals surface area contributed by atoms with Crippen molar-refractivity contribution in [1.29, 1.82) is 0 Å². The minimum absolute atomic E-state index is 0.199. The highest BCUT2D eigenvalue weighted by atomic mass is 32.3. The van der Waals surface area contributed by atoms with Crippen LogP contribution in [0.5, 0.6) is 0 Å². The van der Waals surface area contributed by atoms with Crippen molar-refractivity contribution in [2.24, 2.45) is 5.73 Å². The van der Waals surface area contributed by atoms with E-state index in [1.165, 1.54) is 12.3 Å². The van der Waals surface area contributed by atoms with Crippen LogP contribution in [0, 0.1) is 0 Å². The van der Waals surface area contributed by atoms with Crippen LogP contribution in [0.15, 0.2) is 22.8 Å². The number of primary amides is 1. The van der Waals surface area contributed by atoms with E-state index in [2.05, 4.69) is 4.42 Å². The molecule has 0 radical (unpaired) electrons. The van der Waals surface area contributed by atoms with Crippen LogP contribution in [0.1, 0.15) is 10.6 Å². The Kier molecular flexibility index (Phi) is 4.11. The van der Waals surface area contributed by atoms with E-state index in [0.717, 1.165) is 0 Å². The second kappa shape index (κ2) is 4.60. The Morgan fingerprint density at radius 3 is 2.08 bits per heavy atom. The Bertz CT molecular complexity index is 344. The highest BCUT2D eigenvalue weighted by Gasteiger charge is 1.98. The fourth-order valence-corrected chi connectivity index (χ4v) is 0.419. The third-order valence-corrected chi connectivity index (χ3v) is 0.764. The molecule has 0 spiro atoms. The molecule has 0 aromatic carbocycles. The number of carbonyl (C=O) groups excluding carboxylic acids is 1. The smallest absolute Gasteiger partial charge is 0.394 e. The fraction of sp³-hybridized carbons (Fsp3) is 0. The van der Waals surface area contributed by atoms with Crippen molar-refractivity contribution in [3.05, 3.63) is 24.2 Å². The lowest BCUT2D eigenvalue weighted by atomic mass is 10.4. The van der Waals surface area contributed by atoms with Gasteiger partial charge in [0, 0.05) is 0 Å². The van der Waals surface area contributed by atoms with Gasteiger partial charge in [0.2, 0.25) is 0 Å². The van der Waals surface area contributed by atoms with E-state index in [1.54, 1.807) is 6.07 Å². The van der Waals surface area contributed by atoms with Gasteiger partial charge in [-0.1, -0.05) is 0 Å². The third kappa shape index (κ3) is 8.53. The maximum absolute atomic E-state index is 10.2. The van der Waals surface area contributed by atoms with E-state index >= 15 is 0 Å². The van der Waals surface area contributed by atoms with Gasteiger partial charge in [0.05, 0.1) is 6.26 Å². The van der Waals surface area contributed by atoms with E-state index < -0.39 is 16.3 Å². The molecule has 0 fully saturated rings. The Balaban J connectivity index is 0.000000252. The van der Waals surface area contributed by atoms with Crippen molar-refractivity contribution in [2.45, 2.75) is 0 Å². The van der Waals surface area contributed by atoms with Crippen molar-refractivity contribution < 1.29 is 26.7 Å². The summed E-state index contributed by atoms with van der Waals surface area (Å²) >= 11 is 0. The summed E-state index contributed by atoms with van der Waals surface area (Å²) in [6.07, 6.45) is 1.40. The summed E-state index contributed by atoms with van der Waals surface area (Å²) in [5, 5.41) is 0. The van der Waals surface area contributed by atoms with E-state index in [4.69, 9.17) is 23.3 Å². The van der Waals surface area contributed by atoms with Crippen molar-refractivity contribution in [3.8, 4) is 0 Å². The van der Waals surface area contributed by atoms with Gasteiger partial charge >= 0.3 is 10.4 Å². The lowest BCUT2D eigenvalue weighted by Gasteiger charge is -1.80. The molecule has 0 atom stereocenters. The average Bonchev–Trinajstić information content (AvgIpc) is 2.31. The lowest BCUT2D eigenvalue weighted by Crippen LogP contribution is -2.08. The number of hydrogen-bond acceptors (Lipinski definition) is 4. The standard InChI is InChI=1S/C5H5NO2.H2O4S/c6-5(7)4-2-1-3-8-4;1-5(2,3)4/h1-3H,(H2,6,7);(H2,1,2,3,4). The zero-order chi connectivity index (χ0) is 10.5. The predicted octanol–water partition coefficient (Wildman–Crippen LogP) is -0.274. The molecule has 0 aliphatic heterocycles. The van der Waals surface area contributed by atoms with Gasteiger partial charge in [0.15, 0.2) is 5.76 Å². The summed E-state index contributed by atoms with van der Waals surface area (Å²) in [6, 6.07) is 3.13. The summed E-state index contributed by atoms with van der Waals surface area (Å²) in [5.74, 6) is -0.333. The normalized spacial score (nSPS) is 10.0. The number of hydrogen-bond donors (Lipinski definition) is 3. The summed E-state index contributed by atoms with van der Waals surface area (Å²) in [7, 11) is -4.67. The Hall–Kier alpha value is -1.38. The number of nitrogens with two attached hydrogens (primary N) is 1. The van der Waals surface area contributed by atoms with Gasteiger partial charge in [0.1, 0.15) is 0 Å². The van der Waals surface area contributed by atoms with Crippen LogP contribution in [-0.4, -0.2) is 23.4 Å². The first-order valence-electron chi connectivity index (χ1n) is 2.84. The van der Waals surface area contributed by atoms with Gasteiger partial charge in [-0.3, -0.25) is 13.9 Å². The first-order chi connectivity index (χ1) is 5.80. The topological polar surface area (TPSA) is 131 Å². The summed E-state index contributed by atoms with van der Waals surface area (Å²) in [6.45, 7) is 0. The maximum atomic E-state index is 10.2. The average molecular weight is 209 g/mol. The minimum Gasteiger partial charge on any atom is -0.459 e. The zero-order valence-corrected chi connectivity index (χ0v) is 7.06. The molecular weight excluding hydrogens is 202 g/mol. The van der Waals surface area contributed by atoms with Crippen molar-refractivity contribution >= 4 is 16.3 Å². The Morgan fingerprint density at radius 1 is 1.46 bits per heavy atom. The lowest BCUT2D eigenvalue weighted by molar-refractivity contribution is 0.0974. The number of amides is 1. The van der Waals surface area contributed by atoms with Crippen LogP contribution in [0.3, 0.4) is 0 Å². The molecular formula is C5H7NO6S. The largest absolute Gasteiger partial charge is 0.459 e. The molecule has 0 saturated carbocycles. The molecule has 1 amide bonds. The molecule has 0 aliphatic rings. The summed E-state index contributed by atoms with van der Waals surface area (Å²) in [4.78, 5) is 10.2. The summed E-state index contributed by atoms with van der Waals surface area (Å²) < 4.78 is 36.2. The third-order valence-electron chi connectivity index (χ3n) is 0.764. The first kappa shape index (κ1) is 11.6. The van der Waals surface area contributed by atoms with Crippen molar-refractivity contribution in [2.75, 3.05) is 0 Å². The Labute approximate surface area is 73.7 Å². The molecule has 8 heteroatoms. The van der Waals surface area contributed by atoms with Gasteiger partial charge in [-0.25, -0.2) is 0 Å². The van der Waals surface area contributed by atoms with Crippen LogP contribution in [0.4, 0.5) is 0 Å². The second-order valence-electron chi connectivity index (χ2n) is 1.79. The van der Waals surface area contributed by atoms with Crippen molar-refractivity contribution in [1.82, 2.24) is 0 Å². The zero-order valence-electron chi connectivity index (χ0n) is 6.25. The quantitative estimate of drug-likeness (QED) is 0.545. The van der Waals surface area contributed by atoms with E-state index in [-0.39, 0.29) is 5.76 Å². The van der Waals surface area contributed by atoms with Crippen LogP contribution >= 0.6 is 0 Å². The van der Waals surface area contributed by atoms with Crippen LogP contribution < -0.4 is 5.73 Å². The minimum atomic E-state index is -4.67. The van der Waals surface area contributed by atoms with E-state index in [9.17, 15) is 4.79 Å². The maximum Gasteiger partial charge on any atom is 0.394 e. The molecule has 1 aromatic rings. The highest BCUT2D eigenvalue weighted by molar-refractivity contribution is 7.79. The molecule has 0 unspecified atom stereocenters. The van der Waals surface area contributed by atoms with Gasteiger partial charge < -0.3 is 10.2 Å². The second-order valence-corrected chi connectivity index (χ2v) is 2.69. The number of rotatable bonds is 1. The summed E-state index contributed by atoms with van der Waals surface area (Å²) in [5.41, 5.74) is 4.83. The monoisotopic (exact) mass is 209 g/mol. The molecule has 13 heavy (non-hydrogen) atoms. The highest BCUT2D eigenvalue weighted by Crippen LogP contribution is 1.96. The van der Waals surface area contributed by atoms with Crippen LogP contribution in [-0.2, 0) is 10.4 Å². The fourth-order valence-electron chi connectivity index (χ4n) is 0.419. The molecule has 0 aliphatic carbocycles. The molecule has 1 rings (SSSR count). The molecule has 74 valence electrons. The SMILES string of the molecule is NC(=O)c1ccco1.O=S(=O)(O)O. The van der Waals surface area contributed by atoms with Gasteiger partial charge in [-0.2, -0.15) is 8.42 Å². The van der Waals surface area contributed by atoms with Crippen molar-refractivity contribution in [3.63, 3.8) is 0 Å². The molecule has 7 nitrogen and oxygen atoms in total. The molecule has 0 saturated heterocycles. The van der Waals surface area contributed by atoms with E-state index in [1.807, 2.05) is 0 Å². The van der Waals surface area contributed by atoms with Gasteiger partial charge in [-0.15, -0.1) is 0 Å². The predicted molar refractivity (Wildman–Crippen MR) is 41.4 cm³/mol. The number of carbonyl (C=O) groups is 1. The van der Waals surface area contributed by atoms with Gasteiger partial charge in [0.25, 0.3) is 5.91 Å². The van der Waals surface area contributed by atoms with Crippen LogP contribution in [0.2, 0.25) is 0 Å². The molecule has 1 heterocycles. The first-order valence-corrected chi connectivity index (χ1v) is 4.23. The Morgan fingerprint density at radius 2 is 1.92 bits per heavy atom. The molecule has 0 bridgehead atoms. The molecule has 1 aromatic heterocycles. The van der Waals surface area contributed by atoms with Gasteiger partial charge in [-0.05, 0) is 12.1 Å². The van der Waals surface area contributed by atoms with Crippen LogP contribution in [0.25, 0.3) is 0 Å². The number of furan rings is 1.